The van der Waals surface area contributed by atoms with Gasteiger partial charge >= 0.3 is 0 Å². The van der Waals surface area contributed by atoms with E-state index in [1.807, 2.05) is 30.3 Å². The molecule has 31 heavy (non-hydrogen) atoms. The molecule has 0 N–H and O–H groups in total. The van der Waals surface area contributed by atoms with Crippen LogP contribution in [0.15, 0.2) is 91.0 Å². The molecule has 0 spiro atoms. The normalized spacial score (nSPS) is 19.3. The molecule has 1 aliphatic heterocycles. The minimum Gasteiger partial charge on any atom is -0.367 e. The smallest absolute Gasteiger partial charge is 0.191 e. The predicted octanol–water partition coefficient (Wildman–Crippen LogP) is 5.48. The van der Waals surface area contributed by atoms with Crippen molar-refractivity contribution in [1.29, 1.82) is 0 Å². The molecule has 0 saturated carbocycles. The molecular weight excluding hydrogens is 396 g/mol. The second-order valence-electron chi connectivity index (χ2n) is 9.65. The third-order valence-corrected chi connectivity index (χ3v) is 13.1. The number of ketones is 1. The lowest BCUT2D eigenvalue weighted by atomic mass is 10.0. The molecule has 0 amide bonds. The summed E-state index contributed by atoms with van der Waals surface area (Å²) in [5.74, 6) is 0.116. The molecule has 1 fully saturated rings. The van der Waals surface area contributed by atoms with Crippen molar-refractivity contribution < 1.29 is 9.53 Å². The third kappa shape index (κ3) is 4.30. The van der Waals surface area contributed by atoms with Crippen LogP contribution < -0.4 is 10.4 Å². The summed E-state index contributed by atoms with van der Waals surface area (Å²) in [5.41, 5.74) is 0.749. The molecule has 0 bridgehead atoms. The molecule has 1 saturated heterocycles. The Hall–Kier alpha value is -2.49. The molecule has 3 aromatic carbocycles. The van der Waals surface area contributed by atoms with Crippen molar-refractivity contribution in [1.82, 2.24) is 0 Å². The molecule has 0 radical (unpaired) electrons. The van der Waals surface area contributed by atoms with E-state index in [1.165, 1.54) is 10.4 Å². The number of hydrogen-bond donors (Lipinski definition) is 0. The van der Waals surface area contributed by atoms with E-state index in [2.05, 4.69) is 81.4 Å². The van der Waals surface area contributed by atoms with Crippen LogP contribution >= 0.6 is 0 Å². The van der Waals surface area contributed by atoms with Crippen LogP contribution in [-0.4, -0.2) is 26.1 Å². The number of ether oxygens (including phenoxy) is 1. The summed E-state index contributed by atoms with van der Waals surface area (Å²) in [6, 6.07) is 32.6. The van der Waals surface area contributed by atoms with Crippen molar-refractivity contribution in [3.63, 3.8) is 0 Å². The SMILES string of the molecule is CC(C)(C)[Si](CC1CCC(C(=O)c2ccccc2)O1)(c1ccccc1)c1ccccc1. The van der Waals surface area contributed by atoms with Gasteiger partial charge in [0, 0.05) is 5.56 Å². The van der Waals surface area contributed by atoms with Gasteiger partial charge in [-0.25, -0.2) is 0 Å². The Morgan fingerprint density at radius 2 is 1.29 bits per heavy atom. The van der Waals surface area contributed by atoms with E-state index in [4.69, 9.17) is 4.74 Å². The Morgan fingerprint density at radius 3 is 1.77 bits per heavy atom. The Labute approximate surface area is 187 Å². The first kappa shape index (κ1) is 21.7. The standard InChI is InChI=1S/C28H32O2Si/c1-28(2,3)31(24-15-9-5-10-16-24,25-17-11-6-12-18-25)21-23-19-20-26(30-23)27(29)22-13-7-4-8-14-22/h4-18,23,26H,19-21H2,1-3H3. The van der Waals surface area contributed by atoms with Crippen LogP contribution in [-0.2, 0) is 4.74 Å². The topological polar surface area (TPSA) is 26.3 Å². The van der Waals surface area contributed by atoms with Crippen molar-refractivity contribution in [2.45, 2.75) is 56.9 Å². The van der Waals surface area contributed by atoms with Gasteiger partial charge in [0.2, 0.25) is 0 Å². The van der Waals surface area contributed by atoms with E-state index in [-0.39, 0.29) is 23.0 Å². The Bertz CT molecular complexity index is 954. The molecule has 1 aliphatic rings. The molecule has 0 aromatic heterocycles. The van der Waals surface area contributed by atoms with E-state index in [0.29, 0.717) is 0 Å². The number of rotatable bonds is 6. The Kier molecular flexibility index (Phi) is 6.26. The van der Waals surface area contributed by atoms with Gasteiger partial charge in [-0.1, -0.05) is 122 Å². The Morgan fingerprint density at radius 1 is 0.806 bits per heavy atom. The fraction of sp³-hybridized carbons (Fsp3) is 0.321. The minimum absolute atomic E-state index is 0.0978. The van der Waals surface area contributed by atoms with Gasteiger partial charge in [0.05, 0.1) is 6.10 Å². The second-order valence-corrected chi connectivity index (χ2v) is 14.5. The highest BCUT2D eigenvalue weighted by Crippen LogP contribution is 2.41. The number of hydrogen-bond acceptors (Lipinski definition) is 2. The molecule has 3 aromatic rings. The number of Topliss-reactive ketones (excluding diaryl/α,β-unsaturated/α-hetero) is 1. The van der Waals surface area contributed by atoms with Gasteiger partial charge in [-0.05, 0) is 23.9 Å². The highest BCUT2D eigenvalue weighted by molar-refractivity contribution is 7.04. The van der Waals surface area contributed by atoms with Crippen LogP contribution in [0, 0.1) is 0 Å². The van der Waals surface area contributed by atoms with E-state index < -0.39 is 8.07 Å². The zero-order chi connectivity index (χ0) is 21.9. The number of carbonyl (C=O) groups is 1. The van der Waals surface area contributed by atoms with Gasteiger partial charge < -0.3 is 4.74 Å². The van der Waals surface area contributed by atoms with Gasteiger partial charge in [0.15, 0.2) is 5.78 Å². The van der Waals surface area contributed by atoms with Gasteiger partial charge in [0.1, 0.15) is 14.2 Å². The largest absolute Gasteiger partial charge is 0.367 e. The van der Waals surface area contributed by atoms with E-state index in [0.717, 1.165) is 24.4 Å². The molecule has 4 rings (SSSR count). The first-order valence-electron chi connectivity index (χ1n) is 11.3. The first-order chi connectivity index (χ1) is 14.9. The molecule has 1 heterocycles. The van der Waals surface area contributed by atoms with Crippen LogP contribution in [0.5, 0.6) is 0 Å². The zero-order valence-electron chi connectivity index (χ0n) is 18.8. The highest BCUT2D eigenvalue weighted by Gasteiger charge is 2.50. The molecule has 3 heteroatoms. The zero-order valence-corrected chi connectivity index (χ0v) is 19.8. The molecule has 2 nitrogen and oxygen atoms in total. The summed E-state index contributed by atoms with van der Waals surface area (Å²) in [4.78, 5) is 13.0. The average Bonchev–Trinajstić information content (AvgIpc) is 3.26. The monoisotopic (exact) mass is 428 g/mol. The van der Waals surface area contributed by atoms with Gasteiger partial charge in [0.25, 0.3) is 0 Å². The molecule has 0 aliphatic carbocycles. The number of carbonyl (C=O) groups excluding carboxylic acids is 1. The van der Waals surface area contributed by atoms with Crippen molar-refractivity contribution in [3.8, 4) is 0 Å². The molecule has 2 unspecified atom stereocenters. The third-order valence-electron chi connectivity index (χ3n) is 6.81. The summed E-state index contributed by atoms with van der Waals surface area (Å²) < 4.78 is 6.46. The van der Waals surface area contributed by atoms with E-state index >= 15 is 0 Å². The fourth-order valence-electron chi connectivity index (χ4n) is 5.20. The molecule has 2 atom stereocenters. The molecular formula is C28H32O2Si. The van der Waals surface area contributed by atoms with Crippen molar-refractivity contribution in [2.24, 2.45) is 0 Å². The van der Waals surface area contributed by atoms with Crippen molar-refractivity contribution >= 4 is 24.2 Å². The van der Waals surface area contributed by atoms with Crippen LogP contribution in [0.4, 0.5) is 0 Å². The Balaban J connectivity index is 1.67. The van der Waals surface area contributed by atoms with Crippen LogP contribution in [0.2, 0.25) is 11.1 Å². The van der Waals surface area contributed by atoms with E-state index in [1.54, 1.807) is 0 Å². The summed E-state index contributed by atoms with van der Waals surface area (Å²) in [6.45, 7) is 7.13. The van der Waals surface area contributed by atoms with Gasteiger partial charge in [-0.3, -0.25) is 4.79 Å². The van der Waals surface area contributed by atoms with Crippen molar-refractivity contribution in [3.05, 3.63) is 96.6 Å². The maximum atomic E-state index is 13.0. The van der Waals surface area contributed by atoms with Crippen LogP contribution in [0.1, 0.15) is 44.0 Å². The predicted molar refractivity (Wildman–Crippen MR) is 131 cm³/mol. The van der Waals surface area contributed by atoms with Gasteiger partial charge in [-0.2, -0.15) is 0 Å². The summed E-state index contributed by atoms with van der Waals surface area (Å²) in [5, 5.41) is 2.98. The minimum atomic E-state index is -2.19. The summed E-state index contributed by atoms with van der Waals surface area (Å²) in [7, 11) is -2.19. The second kappa shape index (κ2) is 8.94. The van der Waals surface area contributed by atoms with Gasteiger partial charge in [-0.15, -0.1) is 0 Å². The lowest BCUT2D eigenvalue weighted by Gasteiger charge is -2.45. The highest BCUT2D eigenvalue weighted by atomic mass is 28.3. The lowest BCUT2D eigenvalue weighted by Crippen LogP contribution is -2.65. The summed E-state index contributed by atoms with van der Waals surface area (Å²) >= 11 is 0. The maximum Gasteiger partial charge on any atom is 0.191 e. The van der Waals surface area contributed by atoms with Crippen molar-refractivity contribution in [2.75, 3.05) is 0 Å². The van der Waals surface area contributed by atoms with Crippen LogP contribution in [0.25, 0.3) is 0 Å². The first-order valence-corrected chi connectivity index (χ1v) is 13.5. The average molecular weight is 429 g/mol. The quantitative estimate of drug-likeness (QED) is 0.384. The van der Waals surface area contributed by atoms with Crippen LogP contribution in [0.3, 0.4) is 0 Å². The number of benzene rings is 3. The lowest BCUT2D eigenvalue weighted by molar-refractivity contribution is 0.0429. The maximum absolute atomic E-state index is 13.0. The fourth-order valence-corrected chi connectivity index (χ4v) is 10.9. The molecule has 160 valence electrons. The summed E-state index contributed by atoms with van der Waals surface area (Å²) in [6.07, 6.45) is 1.51. The van der Waals surface area contributed by atoms with E-state index in [9.17, 15) is 4.79 Å².